The van der Waals surface area contributed by atoms with Gasteiger partial charge in [0, 0.05) is 13.7 Å². The first-order valence-electron chi connectivity index (χ1n) is 8.54. The molecule has 1 aromatic rings. The highest BCUT2D eigenvalue weighted by Gasteiger charge is 2.48. The zero-order valence-electron chi connectivity index (χ0n) is 14.3. The summed E-state index contributed by atoms with van der Waals surface area (Å²) < 4.78 is 22.5. The highest BCUT2D eigenvalue weighted by atomic mass is 127. The molecule has 6 nitrogen and oxygen atoms in total. The zero-order chi connectivity index (χ0) is 17.6. The van der Waals surface area contributed by atoms with Crippen molar-refractivity contribution in [2.75, 3.05) is 27.1 Å². The number of hydrogen-bond donors (Lipinski definition) is 0. The third-order valence-electron chi connectivity index (χ3n) is 4.60. The molecule has 0 aromatic heterocycles. The summed E-state index contributed by atoms with van der Waals surface area (Å²) in [6.45, 7) is 1.96. The number of amides is 1. The van der Waals surface area contributed by atoms with Crippen LogP contribution in [0.3, 0.4) is 0 Å². The second-order valence-corrected chi connectivity index (χ2v) is 7.91. The normalized spacial score (nSPS) is 27.0. The lowest BCUT2D eigenvalue weighted by molar-refractivity contribution is -0.156. The van der Waals surface area contributed by atoms with Gasteiger partial charge < -0.3 is 23.8 Å². The molecule has 3 rings (SSSR count). The number of nitrogens with zero attached hydrogens (tertiary/aromatic N) is 1. The Hall–Kier alpha value is -0.900. The van der Waals surface area contributed by atoms with Crippen LogP contribution in [0.5, 0.6) is 0 Å². The van der Waals surface area contributed by atoms with E-state index in [1.165, 1.54) is 0 Å². The second kappa shape index (κ2) is 9.16. The fourth-order valence-electron chi connectivity index (χ4n) is 3.42. The van der Waals surface area contributed by atoms with Crippen molar-refractivity contribution in [1.29, 1.82) is 0 Å². The first kappa shape index (κ1) is 18.9. The molecule has 0 aliphatic carbocycles. The minimum Gasteiger partial charge on any atom is -0.442 e. The maximum absolute atomic E-state index is 12.3. The lowest BCUT2D eigenvalue weighted by Gasteiger charge is -2.42. The lowest BCUT2D eigenvalue weighted by Crippen LogP contribution is -2.59. The highest BCUT2D eigenvalue weighted by molar-refractivity contribution is 14.1. The summed E-state index contributed by atoms with van der Waals surface area (Å²) in [5.74, 6) is 0. The van der Waals surface area contributed by atoms with Gasteiger partial charge in [-0.1, -0.05) is 52.9 Å². The van der Waals surface area contributed by atoms with Crippen LogP contribution in [0.25, 0.3) is 0 Å². The van der Waals surface area contributed by atoms with Gasteiger partial charge in [-0.05, 0) is 18.4 Å². The topological polar surface area (TPSA) is 57.2 Å². The van der Waals surface area contributed by atoms with Gasteiger partial charge in [0.25, 0.3) is 0 Å². The maximum Gasteiger partial charge on any atom is 0.410 e. The van der Waals surface area contributed by atoms with Gasteiger partial charge in [-0.2, -0.15) is 0 Å². The Kier molecular flexibility index (Phi) is 6.92. The average Bonchev–Trinajstić information content (AvgIpc) is 3.12. The Morgan fingerprint density at radius 3 is 2.92 bits per heavy atom. The fraction of sp³-hybridized carbons (Fsp3) is 0.611. The van der Waals surface area contributed by atoms with Crippen LogP contribution in [-0.4, -0.2) is 60.2 Å². The first-order valence-corrected chi connectivity index (χ1v) is 9.79. The number of methoxy groups -OCH3 is 1. The Morgan fingerprint density at radius 2 is 2.16 bits per heavy atom. The van der Waals surface area contributed by atoms with Gasteiger partial charge in [0.05, 0.1) is 23.2 Å². The van der Waals surface area contributed by atoms with Crippen LogP contribution >= 0.6 is 22.6 Å². The summed E-state index contributed by atoms with van der Waals surface area (Å²) in [6.07, 6.45) is 1.15. The largest absolute Gasteiger partial charge is 0.442 e. The van der Waals surface area contributed by atoms with E-state index < -0.39 is 0 Å². The lowest BCUT2D eigenvalue weighted by atomic mass is 9.99. The summed E-state index contributed by atoms with van der Waals surface area (Å²) in [4.78, 5) is 14.1. The van der Waals surface area contributed by atoms with E-state index in [4.69, 9.17) is 18.9 Å². The molecular formula is C18H24INO5. The number of rotatable bonds is 8. The van der Waals surface area contributed by atoms with Crippen LogP contribution in [0.15, 0.2) is 30.3 Å². The molecule has 2 aliphatic rings. The summed E-state index contributed by atoms with van der Waals surface area (Å²) in [5, 5.41) is 0. The van der Waals surface area contributed by atoms with Crippen LogP contribution in [0.4, 0.5) is 4.79 Å². The number of alkyl halides is 1. The molecule has 2 aliphatic heterocycles. The fourth-order valence-corrected chi connectivity index (χ4v) is 4.23. The number of carbonyl (C=O) groups is 1. The molecule has 4 atom stereocenters. The Morgan fingerprint density at radius 1 is 1.36 bits per heavy atom. The monoisotopic (exact) mass is 461 g/mol. The Labute approximate surface area is 161 Å². The molecule has 2 saturated heterocycles. The van der Waals surface area contributed by atoms with Crippen LogP contribution < -0.4 is 0 Å². The Bertz CT molecular complexity index is 558. The molecule has 138 valence electrons. The number of fused-ring (bicyclic) bond motifs is 1. The molecular weight excluding hydrogens is 437 g/mol. The van der Waals surface area contributed by atoms with E-state index >= 15 is 0 Å². The number of carbonyl (C=O) groups excluding carboxylic acids is 1. The first-order chi connectivity index (χ1) is 12.2. The van der Waals surface area contributed by atoms with E-state index in [0.29, 0.717) is 13.2 Å². The summed E-state index contributed by atoms with van der Waals surface area (Å²) in [7, 11) is 1.60. The molecule has 1 aromatic carbocycles. The molecule has 0 bridgehead atoms. The molecule has 2 fully saturated rings. The third kappa shape index (κ3) is 4.64. The van der Waals surface area contributed by atoms with Gasteiger partial charge in [-0.15, -0.1) is 0 Å². The predicted molar refractivity (Wildman–Crippen MR) is 101 cm³/mol. The molecule has 0 spiro atoms. The highest BCUT2D eigenvalue weighted by Crippen LogP contribution is 2.33. The Balaban J connectivity index is 1.59. The van der Waals surface area contributed by atoms with Crippen molar-refractivity contribution in [2.45, 2.75) is 41.6 Å². The number of ether oxygens (including phenoxy) is 4. The average molecular weight is 461 g/mol. The zero-order valence-corrected chi connectivity index (χ0v) is 16.5. The van der Waals surface area contributed by atoms with Crippen molar-refractivity contribution in [3.05, 3.63) is 35.9 Å². The van der Waals surface area contributed by atoms with Crippen molar-refractivity contribution in [1.82, 2.24) is 4.90 Å². The standard InChI is InChI=1S/C18H24INO5/c1-22-12-24-17-15-8-5-9-20(15)18(21)25-16(17)14(19)11-23-10-13-6-3-2-4-7-13/h2-4,6-7,14-17H,5,8-12H2,1H3/t14-,15-,16-,17-/m0/s1. The van der Waals surface area contributed by atoms with Crippen molar-refractivity contribution in [2.24, 2.45) is 0 Å². The molecule has 0 unspecified atom stereocenters. The number of benzene rings is 1. The van der Waals surface area contributed by atoms with Crippen LogP contribution in [0.1, 0.15) is 18.4 Å². The van der Waals surface area contributed by atoms with Gasteiger partial charge in [-0.25, -0.2) is 4.79 Å². The van der Waals surface area contributed by atoms with Gasteiger partial charge in [0.15, 0.2) is 0 Å². The van der Waals surface area contributed by atoms with E-state index in [1.54, 1.807) is 12.0 Å². The second-order valence-electron chi connectivity index (χ2n) is 6.31. The summed E-state index contributed by atoms with van der Waals surface area (Å²) >= 11 is 2.29. The van der Waals surface area contributed by atoms with Crippen molar-refractivity contribution in [3.63, 3.8) is 0 Å². The van der Waals surface area contributed by atoms with E-state index in [1.807, 2.05) is 30.3 Å². The molecule has 0 N–H and O–H groups in total. The molecule has 25 heavy (non-hydrogen) atoms. The predicted octanol–water partition coefficient (Wildman–Crippen LogP) is 2.98. The summed E-state index contributed by atoms with van der Waals surface area (Å²) in [6, 6.07) is 10.1. The third-order valence-corrected chi connectivity index (χ3v) is 5.67. The number of cyclic esters (lactones) is 1. The molecule has 0 radical (unpaired) electrons. The molecule has 0 saturated carbocycles. The summed E-state index contributed by atoms with van der Waals surface area (Å²) in [5.41, 5.74) is 1.13. The van der Waals surface area contributed by atoms with Crippen LogP contribution in [0.2, 0.25) is 0 Å². The SMILES string of the molecule is COCO[C@@H]1[C@H]([C@@H](I)COCc2ccccc2)OC(=O)N2CCC[C@@H]12. The van der Waals surface area contributed by atoms with Crippen molar-refractivity contribution in [3.8, 4) is 0 Å². The minimum absolute atomic E-state index is 0.00914. The van der Waals surface area contributed by atoms with E-state index in [0.717, 1.165) is 24.9 Å². The van der Waals surface area contributed by atoms with Crippen LogP contribution in [0, 0.1) is 0 Å². The van der Waals surface area contributed by atoms with E-state index in [-0.39, 0.29) is 35.1 Å². The van der Waals surface area contributed by atoms with Crippen LogP contribution in [-0.2, 0) is 25.6 Å². The molecule has 7 heteroatoms. The van der Waals surface area contributed by atoms with Gasteiger partial charge in [-0.3, -0.25) is 0 Å². The smallest absolute Gasteiger partial charge is 0.410 e. The van der Waals surface area contributed by atoms with E-state index in [9.17, 15) is 4.79 Å². The quantitative estimate of drug-likeness (QED) is 0.339. The van der Waals surface area contributed by atoms with E-state index in [2.05, 4.69) is 22.6 Å². The van der Waals surface area contributed by atoms with Gasteiger partial charge in [0.1, 0.15) is 19.0 Å². The molecule has 2 heterocycles. The number of halogens is 1. The number of hydrogen-bond acceptors (Lipinski definition) is 5. The minimum atomic E-state index is -0.335. The van der Waals surface area contributed by atoms with Gasteiger partial charge >= 0.3 is 6.09 Å². The maximum atomic E-state index is 12.3. The van der Waals surface area contributed by atoms with Crippen molar-refractivity contribution >= 4 is 28.7 Å². The molecule has 1 amide bonds. The van der Waals surface area contributed by atoms with Crippen molar-refractivity contribution < 1.29 is 23.7 Å². The van der Waals surface area contributed by atoms with Gasteiger partial charge in [0.2, 0.25) is 0 Å².